The molecule has 6 nitrogen and oxygen atoms in total. The molecule has 0 fully saturated rings. The van der Waals surface area contributed by atoms with Crippen LogP contribution in [0.25, 0.3) is 0 Å². The fourth-order valence-corrected chi connectivity index (χ4v) is 2.09. The van der Waals surface area contributed by atoms with Crippen molar-refractivity contribution in [3.05, 3.63) is 20.8 Å². The molecule has 4 N–H and O–H groups in total. The molecule has 0 aliphatic carbocycles. The summed E-state index contributed by atoms with van der Waals surface area (Å²) in [6.45, 7) is 6.70. The zero-order valence-corrected chi connectivity index (χ0v) is 12.7. The van der Waals surface area contributed by atoms with Crippen LogP contribution in [0.1, 0.15) is 52.9 Å². The van der Waals surface area contributed by atoms with E-state index >= 15 is 0 Å². The maximum absolute atomic E-state index is 11.9. The van der Waals surface area contributed by atoms with Crippen LogP contribution in [0, 0.1) is 0 Å². The highest BCUT2D eigenvalue weighted by Gasteiger charge is 2.13. The normalized spacial score (nSPS) is 12.3. The summed E-state index contributed by atoms with van der Waals surface area (Å²) in [4.78, 5) is 26.0. The number of nitrogens with two attached hydrogens (primary N) is 1. The molecular formula is C14H26N4O2. The molecule has 20 heavy (non-hydrogen) atoms. The molecule has 1 rings (SSSR count). The lowest BCUT2D eigenvalue weighted by molar-refractivity contribution is 0.602. The fraction of sp³-hybridized carbons (Fsp3) is 0.714. The van der Waals surface area contributed by atoms with Crippen molar-refractivity contribution >= 4 is 11.5 Å². The monoisotopic (exact) mass is 282 g/mol. The van der Waals surface area contributed by atoms with E-state index in [0.29, 0.717) is 12.2 Å². The first kappa shape index (κ1) is 16.3. The fourth-order valence-electron chi connectivity index (χ4n) is 2.09. The molecule has 0 saturated heterocycles. The number of anilines is 2. The van der Waals surface area contributed by atoms with Gasteiger partial charge >= 0.3 is 5.69 Å². The molecule has 1 aromatic rings. The minimum Gasteiger partial charge on any atom is -0.383 e. The van der Waals surface area contributed by atoms with Crippen molar-refractivity contribution in [2.75, 3.05) is 11.1 Å². The molecule has 6 heteroatoms. The summed E-state index contributed by atoms with van der Waals surface area (Å²) >= 11 is 0. The Balaban J connectivity index is 3.01. The first-order chi connectivity index (χ1) is 9.51. The number of nitrogens with one attached hydrogen (secondary N) is 2. The highest BCUT2D eigenvalue weighted by molar-refractivity contribution is 5.60. The largest absolute Gasteiger partial charge is 0.383 e. The van der Waals surface area contributed by atoms with Crippen LogP contribution in [-0.2, 0) is 6.54 Å². The Morgan fingerprint density at radius 3 is 2.50 bits per heavy atom. The highest BCUT2D eigenvalue weighted by atomic mass is 16.2. The topological polar surface area (TPSA) is 92.9 Å². The van der Waals surface area contributed by atoms with Gasteiger partial charge in [-0.05, 0) is 19.8 Å². The minimum absolute atomic E-state index is 0.149. The molecule has 1 aromatic heterocycles. The van der Waals surface area contributed by atoms with Gasteiger partial charge in [-0.15, -0.1) is 0 Å². The van der Waals surface area contributed by atoms with Gasteiger partial charge in [-0.1, -0.05) is 33.1 Å². The molecule has 0 radical (unpaired) electrons. The summed E-state index contributed by atoms with van der Waals surface area (Å²) in [5.41, 5.74) is 5.41. The van der Waals surface area contributed by atoms with Crippen LogP contribution in [0.15, 0.2) is 9.59 Å². The second-order valence-corrected chi connectivity index (χ2v) is 5.21. The van der Waals surface area contributed by atoms with Crippen LogP contribution in [0.4, 0.5) is 11.5 Å². The van der Waals surface area contributed by atoms with E-state index in [-0.39, 0.29) is 11.9 Å². The second kappa shape index (κ2) is 7.77. The third-order valence-electron chi connectivity index (χ3n) is 3.36. The highest BCUT2D eigenvalue weighted by Crippen LogP contribution is 2.14. The predicted octanol–water partition coefficient (Wildman–Crippen LogP) is 1.91. The molecule has 0 saturated carbocycles. The number of unbranched alkanes of at least 4 members (excludes halogenated alkanes) is 2. The maximum Gasteiger partial charge on any atom is 0.330 e. The number of rotatable bonds is 8. The van der Waals surface area contributed by atoms with Gasteiger partial charge in [0.15, 0.2) is 0 Å². The standard InChI is InChI=1S/C14H26N4O2/c1-4-6-8-10(3)16-11-12(15)18(9-7-5-2)14(20)17-13(11)19/h10,16H,4-9,15H2,1-3H3,(H,17,19,20). The van der Waals surface area contributed by atoms with Crippen molar-refractivity contribution < 1.29 is 0 Å². The Morgan fingerprint density at radius 2 is 1.90 bits per heavy atom. The molecule has 114 valence electrons. The molecule has 0 aliphatic heterocycles. The van der Waals surface area contributed by atoms with Gasteiger partial charge in [-0.3, -0.25) is 14.3 Å². The van der Waals surface area contributed by atoms with Gasteiger partial charge in [0, 0.05) is 12.6 Å². The van der Waals surface area contributed by atoms with Crippen molar-refractivity contribution in [1.29, 1.82) is 0 Å². The van der Waals surface area contributed by atoms with E-state index in [1.807, 2.05) is 13.8 Å². The molecule has 0 amide bonds. The van der Waals surface area contributed by atoms with Crippen LogP contribution in [-0.4, -0.2) is 15.6 Å². The summed E-state index contributed by atoms with van der Waals surface area (Å²) in [6, 6.07) is 0.149. The molecule has 1 unspecified atom stereocenters. The van der Waals surface area contributed by atoms with E-state index in [9.17, 15) is 9.59 Å². The summed E-state index contributed by atoms with van der Waals surface area (Å²) in [7, 11) is 0. The van der Waals surface area contributed by atoms with Crippen LogP contribution < -0.4 is 22.3 Å². The number of hydrogen-bond acceptors (Lipinski definition) is 4. The van der Waals surface area contributed by atoms with Crippen LogP contribution >= 0.6 is 0 Å². The second-order valence-electron chi connectivity index (χ2n) is 5.21. The number of hydrogen-bond donors (Lipinski definition) is 3. The number of H-pyrrole nitrogens is 1. The number of aromatic nitrogens is 2. The van der Waals surface area contributed by atoms with Gasteiger partial charge in [0.2, 0.25) is 0 Å². The minimum atomic E-state index is -0.441. The zero-order valence-electron chi connectivity index (χ0n) is 12.7. The van der Waals surface area contributed by atoms with E-state index in [2.05, 4.69) is 17.2 Å². The predicted molar refractivity (Wildman–Crippen MR) is 83.3 cm³/mol. The van der Waals surface area contributed by atoms with Crippen molar-refractivity contribution in [2.24, 2.45) is 0 Å². The van der Waals surface area contributed by atoms with E-state index in [1.54, 1.807) is 0 Å². The lowest BCUT2D eigenvalue weighted by Crippen LogP contribution is -2.35. The Kier molecular flexibility index (Phi) is 6.35. The third-order valence-corrected chi connectivity index (χ3v) is 3.36. The van der Waals surface area contributed by atoms with Gasteiger partial charge in [0.1, 0.15) is 11.5 Å². The molecular weight excluding hydrogens is 256 g/mol. The number of nitrogen functional groups attached to an aromatic ring is 1. The molecule has 0 aliphatic rings. The summed E-state index contributed by atoms with van der Waals surface area (Å²) in [5, 5.41) is 3.13. The average molecular weight is 282 g/mol. The van der Waals surface area contributed by atoms with Gasteiger partial charge in [-0.2, -0.15) is 0 Å². The van der Waals surface area contributed by atoms with Crippen molar-refractivity contribution in [2.45, 2.75) is 65.5 Å². The first-order valence-electron chi connectivity index (χ1n) is 7.40. The third kappa shape index (κ3) is 4.15. The number of aromatic amines is 1. The summed E-state index contributed by atoms with van der Waals surface area (Å²) in [5.74, 6) is 0.232. The van der Waals surface area contributed by atoms with Gasteiger partial charge in [0.25, 0.3) is 5.56 Å². The number of nitrogens with zero attached hydrogens (tertiary/aromatic N) is 1. The molecule has 0 bridgehead atoms. The average Bonchev–Trinajstić information content (AvgIpc) is 2.41. The van der Waals surface area contributed by atoms with Gasteiger partial charge in [0.05, 0.1) is 0 Å². The lowest BCUT2D eigenvalue weighted by Gasteiger charge is -2.18. The van der Waals surface area contributed by atoms with Crippen LogP contribution in [0.5, 0.6) is 0 Å². The quantitative estimate of drug-likeness (QED) is 0.679. The molecule has 0 aromatic carbocycles. The van der Waals surface area contributed by atoms with Crippen molar-refractivity contribution in [3.63, 3.8) is 0 Å². The summed E-state index contributed by atoms with van der Waals surface area (Å²) < 4.78 is 1.43. The van der Waals surface area contributed by atoms with E-state index < -0.39 is 11.2 Å². The Labute approximate surface area is 119 Å². The smallest absolute Gasteiger partial charge is 0.330 e. The molecule has 1 heterocycles. The maximum atomic E-state index is 11.9. The SMILES string of the molecule is CCCCC(C)Nc1c(N)n(CCCC)c(=O)[nH]c1=O. The Hall–Kier alpha value is -1.72. The molecule has 0 spiro atoms. The zero-order chi connectivity index (χ0) is 15.1. The van der Waals surface area contributed by atoms with Gasteiger partial charge in [-0.25, -0.2) is 4.79 Å². The Morgan fingerprint density at radius 1 is 1.25 bits per heavy atom. The molecule has 1 atom stereocenters. The first-order valence-corrected chi connectivity index (χ1v) is 7.40. The van der Waals surface area contributed by atoms with Crippen LogP contribution in [0.3, 0.4) is 0 Å². The Bertz CT molecular complexity index is 533. The van der Waals surface area contributed by atoms with Crippen molar-refractivity contribution in [1.82, 2.24) is 9.55 Å². The van der Waals surface area contributed by atoms with Gasteiger partial charge < -0.3 is 11.1 Å². The van der Waals surface area contributed by atoms with Crippen molar-refractivity contribution in [3.8, 4) is 0 Å². The van der Waals surface area contributed by atoms with E-state index in [0.717, 1.165) is 32.1 Å². The lowest BCUT2D eigenvalue weighted by atomic mass is 10.1. The van der Waals surface area contributed by atoms with E-state index in [4.69, 9.17) is 5.73 Å². The van der Waals surface area contributed by atoms with Crippen LogP contribution in [0.2, 0.25) is 0 Å². The summed E-state index contributed by atoms with van der Waals surface area (Å²) in [6.07, 6.45) is 4.96. The van der Waals surface area contributed by atoms with E-state index in [1.165, 1.54) is 4.57 Å².